The molecule has 0 heterocycles. The van der Waals surface area contributed by atoms with Crippen LogP contribution in [0, 0.1) is 0 Å². The molecule has 0 amide bonds. The van der Waals surface area contributed by atoms with Gasteiger partial charge in [0.25, 0.3) is 0 Å². The molecule has 0 N–H and O–H groups in total. The van der Waals surface area contributed by atoms with Gasteiger partial charge in [0.15, 0.2) is 0 Å². The number of carbonyl (C=O) groups excluding carboxylic acids is 1. The Morgan fingerprint density at radius 3 is 1.13 bits per heavy atom. The molecule has 3 nitrogen and oxygen atoms in total. The molecule has 2 aromatic carbocycles. The predicted molar refractivity (Wildman–Crippen MR) is 194 cm³/mol. The van der Waals surface area contributed by atoms with E-state index in [4.69, 9.17) is 9.47 Å². The Hall–Kier alpha value is -2.29. The van der Waals surface area contributed by atoms with E-state index in [1.807, 2.05) is 0 Å². The highest BCUT2D eigenvalue weighted by molar-refractivity contribution is 5.60. The Bertz CT molecular complexity index is 1120. The Morgan fingerprint density at radius 2 is 0.804 bits per heavy atom. The van der Waals surface area contributed by atoms with E-state index in [1.165, 1.54) is 77.0 Å². The van der Waals surface area contributed by atoms with Gasteiger partial charge in [0.1, 0.15) is 12.2 Å². The summed E-state index contributed by atoms with van der Waals surface area (Å²) in [5.41, 5.74) is 12.8. The predicted octanol–water partition coefficient (Wildman–Crippen LogP) is 12.3. The lowest BCUT2D eigenvalue weighted by atomic mass is 9.77. The molecule has 0 bridgehead atoms. The van der Waals surface area contributed by atoms with Gasteiger partial charge in [-0.05, 0) is 146 Å². The fraction of sp³-hybridized carbons (Fsp3) is 0.698. The van der Waals surface area contributed by atoms with Gasteiger partial charge in [0, 0.05) is 0 Å². The van der Waals surface area contributed by atoms with Crippen molar-refractivity contribution in [1.82, 2.24) is 0 Å². The van der Waals surface area contributed by atoms with E-state index in [0.29, 0.717) is 11.8 Å². The van der Waals surface area contributed by atoms with Gasteiger partial charge in [-0.2, -0.15) is 0 Å². The van der Waals surface area contributed by atoms with Crippen LogP contribution < -0.4 is 0 Å². The third-order valence-electron chi connectivity index (χ3n) is 10.9. The highest BCUT2D eigenvalue weighted by Crippen LogP contribution is 2.40. The van der Waals surface area contributed by atoms with Crippen molar-refractivity contribution in [3.05, 3.63) is 68.8 Å². The third-order valence-corrected chi connectivity index (χ3v) is 10.9. The van der Waals surface area contributed by atoms with Crippen LogP contribution in [0.5, 0.6) is 0 Å². The minimum Gasteiger partial charge on any atom is -0.431 e. The van der Waals surface area contributed by atoms with E-state index in [9.17, 15) is 4.79 Å². The molecule has 2 saturated carbocycles. The molecule has 2 aromatic rings. The molecule has 0 unspecified atom stereocenters. The maximum Gasteiger partial charge on any atom is 0.508 e. The molecular weight excluding hydrogens is 564 g/mol. The second kappa shape index (κ2) is 18.9. The van der Waals surface area contributed by atoms with Crippen molar-refractivity contribution in [1.29, 1.82) is 0 Å². The highest BCUT2D eigenvalue weighted by atomic mass is 16.7. The summed E-state index contributed by atoms with van der Waals surface area (Å²) >= 11 is 0. The van der Waals surface area contributed by atoms with Crippen LogP contribution in [0.15, 0.2) is 24.3 Å². The first-order chi connectivity index (χ1) is 22.5. The quantitative estimate of drug-likeness (QED) is 0.173. The first-order valence-electron chi connectivity index (χ1n) is 19.6. The van der Waals surface area contributed by atoms with Gasteiger partial charge < -0.3 is 9.47 Å². The summed E-state index contributed by atoms with van der Waals surface area (Å²) in [7, 11) is 0. The van der Waals surface area contributed by atoms with Crippen LogP contribution >= 0.6 is 0 Å². The van der Waals surface area contributed by atoms with Gasteiger partial charge in [-0.1, -0.05) is 104 Å². The molecule has 46 heavy (non-hydrogen) atoms. The maximum absolute atomic E-state index is 12.9. The SMILES string of the molecule is CCCc1ccc(C2CCC(OC(=O)OC3CCC(c4ccc(CCC)c(CCC)c4CCC)CC3)CC2)c(CCC)c1CCC. The summed E-state index contributed by atoms with van der Waals surface area (Å²) < 4.78 is 11.9. The molecule has 2 fully saturated rings. The molecular formula is C43H66O3. The molecule has 256 valence electrons. The number of hydrogen-bond donors (Lipinski definition) is 0. The number of rotatable bonds is 16. The van der Waals surface area contributed by atoms with Gasteiger partial charge in [0.05, 0.1) is 0 Å². The standard InChI is InChI=1S/C43H66O3/c1-7-13-31-23-29-39(41(17-11-5)37(31)15-9-3)33-19-25-35(26-20-33)45-43(44)46-36-27-21-34(22-28-36)40-30-24-32(14-8-2)38(16-10-4)42(40)18-12-6/h23-24,29-30,33-36H,7-22,25-28H2,1-6H3. The normalized spacial score (nSPS) is 21.7. The second-order valence-corrected chi connectivity index (χ2v) is 14.5. The number of aryl methyl sites for hydroxylation is 2. The summed E-state index contributed by atoms with van der Waals surface area (Å²) in [6.07, 6.45) is 21.9. The van der Waals surface area contributed by atoms with E-state index in [2.05, 4.69) is 65.8 Å². The number of hydrogen-bond acceptors (Lipinski definition) is 3. The van der Waals surface area contributed by atoms with Gasteiger partial charge in [-0.15, -0.1) is 0 Å². The molecule has 0 saturated heterocycles. The smallest absolute Gasteiger partial charge is 0.431 e. The zero-order valence-corrected chi connectivity index (χ0v) is 30.5. The van der Waals surface area contributed by atoms with E-state index >= 15 is 0 Å². The van der Waals surface area contributed by atoms with Gasteiger partial charge in [-0.25, -0.2) is 4.79 Å². The number of benzene rings is 2. The second-order valence-electron chi connectivity index (χ2n) is 14.5. The zero-order valence-electron chi connectivity index (χ0n) is 30.5. The molecule has 2 aliphatic carbocycles. The molecule has 0 spiro atoms. The summed E-state index contributed by atoms with van der Waals surface area (Å²) in [4.78, 5) is 12.9. The molecule has 3 heteroatoms. The van der Waals surface area contributed by atoms with Crippen LogP contribution in [-0.2, 0) is 48.0 Å². The third kappa shape index (κ3) is 9.41. The van der Waals surface area contributed by atoms with Gasteiger partial charge in [0.2, 0.25) is 0 Å². The maximum atomic E-state index is 12.9. The highest BCUT2D eigenvalue weighted by Gasteiger charge is 2.31. The van der Waals surface area contributed by atoms with E-state index in [0.717, 1.165) is 51.4 Å². The topological polar surface area (TPSA) is 35.5 Å². The lowest BCUT2D eigenvalue weighted by molar-refractivity contribution is -0.0215. The van der Waals surface area contributed by atoms with Crippen molar-refractivity contribution in [3.63, 3.8) is 0 Å². The minimum atomic E-state index is -0.437. The minimum absolute atomic E-state index is 0.0144. The van der Waals surface area contributed by atoms with E-state index in [1.54, 1.807) is 44.5 Å². The van der Waals surface area contributed by atoms with Crippen molar-refractivity contribution in [2.24, 2.45) is 0 Å². The Balaban J connectivity index is 1.30. The van der Waals surface area contributed by atoms with Crippen LogP contribution in [0.2, 0.25) is 0 Å². The van der Waals surface area contributed by atoms with Crippen LogP contribution in [0.4, 0.5) is 4.79 Å². The van der Waals surface area contributed by atoms with Crippen molar-refractivity contribution in [3.8, 4) is 0 Å². The van der Waals surface area contributed by atoms with Crippen molar-refractivity contribution >= 4 is 6.16 Å². The summed E-state index contributed by atoms with van der Waals surface area (Å²) in [5.74, 6) is 1.15. The Labute approximate surface area is 282 Å². The van der Waals surface area contributed by atoms with Crippen LogP contribution in [0.25, 0.3) is 0 Å². The summed E-state index contributed by atoms with van der Waals surface area (Å²) in [5, 5.41) is 0. The first-order valence-corrected chi connectivity index (χ1v) is 19.6. The van der Waals surface area contributed by atoms with E-state index < -0.39 is 6.16 Å². The molecule has 0 aromatic heterocycles. The molecule has 4 rings (SSSR count). The zero-order chi connectivity index (χ0) is 32.9. The van der Waals surface area contributed by atoms with Crippen molar-refractivity contribution in [2.75, 3.05) is 0 Å². The van der Waals surface area contributed by atoms with Crippen molar-refractivity contribution < 1.29 is 14.3 Å². The first kappa shape index (κ1) is 36.5. The summed E-state index contributed by atoms with van der Waals surface area (Å²) in [6.45, 7) is 13.8. The molecule has 2 aliphatic rings. The molecule has 0 atom stereocenters. The molecule has 0 radical (unpaired) electrons. The van der Waals surface area contributed by atoms with Gasteiger partial charge >= 0.3 is 6.16 Å². The fourth-order valence-corrected chi connectivity index (χ4v) is 8.79. The van der Waals surface area contributed by atoms with Crippen molar-refractivity contribution in [2.45, 2.75) is 194 Å². The van der Waals surface area contributed by atoms with Crippen LogP contribution in [0.3, 0.4) is 0 Å². The lowest BCUT2D eigenvalue weighted by Crippen LogP contribution is -2.29. The van der Waals surface area contributed by atoms with Crippen LogP contribution in [-0.4, -0.2) is 18.4 Å². The number of carbonyl (C=O) groups is 1. The average molecular weight is 631 g/mol. The monoisotopic (exact) mass is 631 g/mol. The Morgan fingerprint density at radius 1 is 0.478 bits per heavy atom. The lowest BCUT2D eigenvalue weighted by Gasteiger charge is -2.33. The number of ether oxygens (including phenoxy) is 2. The van der Waals surface area contributed by atoms with Crippen LogP contribution in [0.1, 0.15) is 188 Å². The van der Waals surface area contributed by atoms with Gasteiger partial charge in [-0.3, -0.25) is 0 Å². The van der Waals surface area contributed by atoms with E-state index in [-0.39, 0.29) is 12.2 Å². The Kier molecular flexibility index (Phi) is 15.0. The largest absolute Gasteiger partial charge is 0.508 e. The average Bonchev–Trinajstić information content (AvgIpc) is 3.05. The fourth-order valence-electron chi connectivity index (χ4n) is 8.79. The molecule has 0 aliphatic heterocycles. The summed E-state index contributed by atoms with van der Waals surface area (Å²) in [6, 6.07) is 9.74.